The van der Waals surface area contributed by atoms with Crippen LogP contribution in [0, 0.1) is 0 Å². The van der Waals surface area contributed by atoms with Crippen LogP contribution < -0.4 is 5.32 Å². The van der Waals surface area contributed by atoms with E-state index in [2.05, 4.69) is 44.8 Å². The quantitative estimate of drug-likeness (QED) is 0.680. The van der Waals surface area contributed by atoms with E-state index in [9.17, 15) is 0 Å². The van der Waals surface area contributed by atoms with E-state index in [0.717, 1.165) is 42.2 Å². The van der Waals surface area contributed by atoms with Crippen LogP contribution in [0.4, 0.5) is 0 Å². The normalized spacial score (nSPS) is 17.1. The van der Waals surface area contributed by atoms with Gasteiger partial charge in [0.05, 0.1) is 24.1 Å². The maximum Gasteiger partial charge on any atom is 0.129 e. The largest absolute Gasteiger partial charge is 0.371 e. The topological polar surface area (TPSA) is 62.8 Å². The molecule has 1 aliphatic rings. The van der Waals surface area contributed by atoms with E-state index in [-0.39, 0.29) is 18.5 Å². The minimum atomic E-state index is 0. The third-order valence-corrected chi connectivity index (χ3v) is 4.35. The van der Waals surface area contributed by atoms with Gasteiger partial charge in [-0.05, 0) is 29.3 Å². The summed E-state index contributed by atoms with van der Waals surface area (Å²) in [5, 5.41) is 11.3. The van der Waals surface area contributed by atoms with Crippen LogP contribution in [0.2, 0.25) is 5.15 Å². The molecule has 0 aliphatic carbocycles. The van der Waals surface area contributed by atoms with Gasteiger partial charge in [0, 0.05) is 24.8 Å². The Labute approximate surface area is 157 Å². The second-order valence-electron chi connectivity index (χ2n) is 5.72. The van der Waals surface area contributed by atoms with E-state index in [4.69, 9.17) is 16.3 Å². The fourth-order valence-corrected chi connectivity index (χ4v) is 2.91. The van der Waals surface area contributed by atoms with Crippen LogP contribution in [-0.4, -0.2) is 34.9 Å². The molecule has 4 rings (SSSR count). The van der Waals surface area contributed by atoms with E-state index in [1.54, 1.807) is 12.3 Å². The number of aromatic amines is 1. The Morgan fingerprint density at radius 3 is 2.56 bits per heavy atom. The molecule has 1 fully saturated rings. The lowest BCUT2D eigenvalue weighted by atomic mass is 10.0. The minimum Gasteiger partial charge on any atom is -0.371 e. The Kier molecular flexibility index (Phi) is 5.71. The molecule has 1 atom stereocenters. The maximum absolute atomic E-state index is 5.83. The van der Waals surface area contributed by atoms with Crippen molar-refractivity contribution in [3.63, 3.8) is 0 Å². The highest BCUT2D eigenvalue weighted by molar-refractivity contribution is 6.29. The second-order valence-corrected chi connectivity index (χ2v) is 6.11. The van der Waals surface area contributed by atoms with E-state index >= 15 is 0 Å². The third-order valence-electron chi connectivity index (χ3n) is 4.12. The molecule has 2 aromatic heterocycles. The van der Waals surface area contributed by atoms with E-state index < -0.39 is 0 Å². The molecule has 2 N–H and O–H groups in total. The molecule has 3 heterocycles. The molecule has 1 saturated heterocycles. The summed E-state index contributed by atoms with van der Waals surface area (Å²) in [7, 11) is 0. The van der Waals surface area contributed by atoms with Crippen molar-refractivity contribution in [1.29, 1.82) is 0 Å². The number of nitrogens with zero attached hydrogens (tertiary/aromatic N) is 2. The van der Waals surface area contributed by atoms with Gasteiger partial charge in [0.15, 0.2) is 0 Å². The average molecular weight is 377 g/mol. The van der Waals surface area contributed by atoms with Crippen LogP contribution in [0.3, 0.4) is 0 Å². The molecule has 0 bridgehead atoms. The number of aromatic nitrogens is 3. The third kappa shape index (κ3) is 4.02. The highest BCUT2D eigenvalue weighted by Crippen LogP contribution is 2.26. The smallest absolute Gasteiger partial charge is 0.129 e. The fourth-order valence-electron chi connectivity index (χ4n) is 2.80. The van der Waals surface area contributed by atoms with Gasteiger partial charge in [0.25, 0.3) is 0 Å². The average Bonchev–Trinajstić information content (AvgIpc) is 3.13. The number of nitrogens with one attached hydrogen (secondary N) is 2. The summed E-state index contributed by atoms with van der Waals surface area (Å²) in [4.78, 5) is 4.09. The highest BCUT2D eigenvalue weighted by Gasteiger charge is 2.15. The lowest BCUT2D eigenvalue weighted by molar-refractivity contribution is 0.0277. The summed E-state index contributed by atoms with van der Waals surface area (Å²) >= 11 is 5.83. The molecule has 3 aromatic rings. The zero-order chi connectivity index (χ0) is 16.4. The number of hydrogen-bond acceptors (Lipinski definition) is 4. The SMILES string of the molecule is Cl.Clc1ccc(-c2cc(-c3ccc([C@@H]4CNCCO4)cc3)[nH]n2)cn1. The van der Waals surface area contributed by atoms with Crippen molar-refractivity contribution in [3.05, 3.63) is 59.4 Å². The summed E-state index contributed by atoms with van der Waals surface area (Å²) in [5.41, 5.74) is 5.02. The van der Waals surface area contributed by atoms with Crippen LogP contribution in [0.1, 0.15) is 11.7 Å². The van der Waals surface area contributed by atoms with Gasteiger partial charge in [0.2, 0.25) is 0 Å². The van der Waals surface area contributed by atoms with Crippen molar-refractivity contribution in [2.24, 2.45) is 0 Å². The molecule has 0 spiro atoms. The number of morpholine rings is 1. The van der Waals surface area contributed by atoms with Gasteiger partial charge in [0.1, 0.15) is 5.15 Å². The molecular weight excluding hydrogens is 359 g/mol. The Balaban J connectivity index is 0.00000182. The second kappa shape index (κ2) is 7.97. The maximum atomic E-state index is 5.83. The van der Waals surface area contributed by atoms with Gasteiger partial charge in [-0.25, -0.2) is 4.98 Å². The van der Waals surface area contributed by atoms with Crippen molar-refractivity contribution >= 4 is 24.0 Å². The first-order valence-electron chi connectivity index (χ1n) is 7.89. The monoisotopic (exact) mass is 376 g/mol. The summed E-state index contributed by atoms with van der Waals surface area (Å²) in [6.45, 7) is 2.54. The lowest BCUT2D eigenvalue weighted by Gasteiger charge is -2.24. The lowest BCUT2D eigenvalue weighted by Crippen LogP contribution is -2.33. The predicted octanol–water partition coefficient (Wildman–Crippen LogP) is 3.87. The number of halogens is 2. The Hall–Kier alpha value is -1.92. The van der Waals surface area contributed by atoms with Crippen molar-refractivity contribution in [3.8, 4) is 22.5 Å². The van der Waals surface area contributed by atoms with Gasteiger partial charge in [-0.15, -0.1) is 12.4 Å². The van der Waals surface area contributed by atoms with Crippen molar-refractivity contribution in [2.45, 2.75) is 6.10 Å². The molecular formula is C18H18Cl2N4O. The molecule has 5 nitrogen and oxygen atoms in total. The van der Waals surface area contributed by atoms with Gasteiger partial charge in [-0.1, -0.05) is 35.9 Å². The molecule has 0 unspecified atom stereocenters. The van der Waals surface area contributed by atoms with Crippen LogP contribution in [0.15, 0.2) is 48.7 Å². The molecule has 7 heteroatoms. The van der Waals surface area contributed by atoms with Crippen molar-refractivity contribution < 1.29 is 4.74 Å². The Morgan fingerprint density at radius 1 is 1.08 bits per heavy atom. The first-order chi connectivity index (χ1) is 11.8. The predicted molar refractivity (Wildman–Crippen MR) is 101 cm³/mol. The Bertz CT molecular complexity index is 812. The van der Waals surface area contributed by atoms with E-state index in [1.165, 1.54) is 5.56 Å². The highest BCUT2D eigenvalue weighted by atomic mass is 35.5. The van der Waals surface area contributed by atoms with E-state index in [0.29, 0.717) is 5.15 Å². The van der Waals surface area contributed by atoms with Crippen LogP contribution in [-0.2, 0) is 4.74 Å². The number of rotatable bonds is 3. The van der Waals surface area contributed by atoms with E-state index in [1.807, 2.05) is 12.1 Å². The van der Waals surface area contributed by atoms with Gasteiger partial charge >= 0.3 is 0 Å². The first kappa shape index (κ1) is 17.9. The molecule has 130 valence electrons. The number of benzene rings is 1. The molecule has 0 saturated carbocycles. The van der Waals surface area contributed by atoms with Crippen molar-refractivity contribution in [1.82, 2.24) is 20.5 Å². The number of hydrogen-bond donors (Lipinski definition) is 2. The van der Waals surface area contributed by atoms with Gasteiger partial charge in [-0.2, -0.15) is 5.10 Å². The number of ether oxygens (including phenoxy) is 1. The molecule has 25 heavy (non-hydrogen) atoms. The fraction of sp³-hybridized carbons (Fsp3) is 0.222. The molecule has 1 aromatic carbocycles. The van der Waals surface area contributed by atoms with Gasteiger partial charge in [-0.3, -0.25) is 5.10 Å². The molecule has 1 aliphatic heterocycles. The van der Waals surface area contributed by atoms with Crippen LogP contribution in [0.25, 0.3) is 22.5 Å². The summed E-state index contributed by atoms with van der Waals surface area (Å²) < 4.78 is 5.78. The summed E-state index contributed by atoms with van der Waals surface area (Å²) in [5.74, 6) is 0. The summed E-state index contributed by atoms with van der Waals surface area (Å²) in [6, 6.07) is 14.1. The van der Waals surface area contributed by atoms with Crippen molar-refractivity contribution in [2.75, 3.05) is 19.7 Å². The molecule has 0 radical (unpaired) electrons. The number of pyridine rings is 1. The van der Waals surface area contributed by atoms with Crippen LogP contribution in [0.5, 0.6) is 0 Å². The first-order valence-corrected chi connectivity index (χ1v) is 8.27. The molecule has 0 amide bonds. The van der Waals surface area contributed by atoms with Crippen LogP contribution >= 0.6 is 24.0 Å². The minimum absolute atomic E-state index is 0. The number of H-pyrrole nitrogens is 1. The zero-order valence-corrected chi connectivity index (χ0v) is 15.0. The summed E-state index contributed by atoms with van der Waals surface area (Å²) in [6.07, 6.45) is 1.85. The zero-order valence-electron chi connectivity index (χ0n) is 13.4. The van der Waals surface area contributed by atoms with Gasteiger partial charge < -0.3 is 10.1 Å². The Morgan fingerprint density at radius 2 is 1.88 bits per heavy atom. The standard InChI is InChI=1S/C18H17ClN4O.ClH/c19-18-6-5-14(10-21-18)16-9-15(22-23-16)12-1-3-13(4-2-12)17-11-20-7-8-24-17;/h1-6,9-10,17,20H,7-8,11H2,(H,22,23);1H/t17-;/m0./s1.